The minimum Gasteiger partial charge on any atom is -0.460 e. The molecule has 1 unspecified atom stereocenters. The first kappa shape index (κ1) is 59.1. The first-order valence-electron chi connectivity index (χ1n) is 24.9. The van der Waals surface area contributed by atoms with Crippen molar-refractivity contribution in [1.82, 2.24) is 5.32 Å². The van der Waals surface area contributed by atoms with Gasteiger partial charge in [-0.15, -0.1) is 0 Å². The molecule has 0 aromatic heterocycles. The topological polar surface area (TPSA) is 213 Å². The van der Waals surface area contributed by atoms with Gasteiger partial charge >= 0.3 is 5.97 Å². The number of aliphatic hydroxyl groups is 3. The number of aldehydes is 1. The third-order valence-electron chi connectivity index (χ3n) is 14.4. The van der Waals surface area contributed by atoms with E-state index in [1.165, 1.54) is 7.11 Å². The highest BCUT2D eigenvalue weighted by Gasteiger charge is 2.48. The number of rotatable bonds is 29. The van der Waals surface area contributed by atoms with Crippen LogP contribution in [0, 0.1) is 35.5 Å². The summed E-state index contributed by atoms with van der Waals surface area (Å²) in [6, 6.07) is -0.411. The second-order valence-corrected chi connectivity index (χ2v) is 19.8. The van der Waals surface area contributed by atoms with Gasteiger partial charge in [-0.2, -0.15) is 0 Å². The molecule has 0 spiro atoms. The molecule has 1 saturated carbocycles. The van der Waals surface area contributed by atoms with Crippen molar-refractivity contribution in [2.75, 3.05) is 41.1 Å². The van der Waals surface area contributed by atoms with E-state index in [-0.39, 0.29) is 79.5 Å². The van der Waals surface area contributed by atoms with Gasteiger partial charge < -0.3 is 49.1 Å². The van der Waals surface area contributed by atoms with Crippen LogP contribution in [-0.4, -0.2) is 141 Å². The lowest BCUT2D eigenvalue weighted by molar-refractivity contribution is -0.263. The fraction of sp³-hybridized carbons (Fsp3) is 0.755. The van der Waals surface area contributed by atoms with Gasteiger partial charge in [-0.25, -0.2) is 0 Å². The molecular weight excluding hydrogens is 875 g/mol. The van der Waals surface area contributed by atoms with Crippen LogP contribution in [0.5, 0.6) is 0 Å². The summed E-state index contributed by atoms with van der Waals surface area (Å²) < 4.78 is 34.8. The van der Waals surface area contributed by atoms with Crippen molar-refractivity contribution in [2.45, 2.75) is 180 Å². The molecule has 2 aliphatic heterocycles. The molecule has 0 radical (unpaired) electrons. The van der Waals surface area contributed by atoms with Gasteiger partial charge in [0, 0.05) is 51.9 Å². The van der Waals surface area contributed by atoms with Gasteiger partial charge in [0.2, 0.25) is 5.79 Å². The van der Waals surface area contributed by atoms with E-state index in [2.05, 4.69) is 5.32 Å². The van der Waals surface area contributed by atoms with E-state index in [0.29, 0.717) is 37.7 Å². The van der Waals surface area contributed by atoms with Crippen molar-refractivity contribution in [3.05, 3.63) is 47.6 Å². The van der Waals surface area contributed by atoms with Crippen molar-refractivity contribution >= 4 is 29.6 Å². The predicted octanol–water partition coefficient (Wildman–Crippen LogP) is 6.14. The number of hydrogen-bond donors (Lipinski definition) is 4. The highest BCUT2D eigenvalue weighted by molar-refractivity contribution is 6.28. The quantitative estimate of drug-likeness (QED) is 0.0218. The summed E-state index contributed by atoms with van der Waals surface area (Å²) in [4.78, 5) is 64.3. The highest BCUT2D eigenvalue weighted by Crippen LogP contribution is 2.36. The fourth-order valence-corrected chi connectivity index (χ4v) is 9.96. The Bertz CT molecular complexity index is 1720. The van der Waals surface area contributed by atoms with Crippen LogP contribution in [0.1, 0.15) is 126 Å². The molecule has 68 heavy (non-hydrogen) atoms. The molecule has 0 amide bonds. The monoisotopic (exact) mass is 960 g/mol. The Balaban J connectivity index is 1.59. The first-order valence-corrected chi connectivity index (χ1v) is 24.9. The number of ether oxygens (including phenoxy) is 6. The summed E-state index contributed by atoms with van der Waals surface area (Å²) >= 11 is 0. The predicted molar refractivity (Wildman–Crippen MR) is 258 cm³/mol. The van der Waals surface area contributed by atoms with Gasteiger partial charge in [0.25, 0.3) is 5.78 Å². The van der Waals surface area contributed by atoms with Gasteiger partial charge in [0.05, 0.1) is 37.6 Å². The van der Waals surface area contributed by atoms with E-state index in [0.717, 1.165) is 50.6 Å². The van der Waals surface area contributed by atoms with Gasteiger partial charge in [-0.3, -0.25) is 24.0 Å². The van der Waals surface area contributed by atoms with Gasteiger partial charge in [-0.1, -0.05) is 77.5 Å². The number of carbonyl (C=O) groups excluding carboxylic acids is 5. The molecule has 4 N–H and O–H groups in total. The minimum atomic E-state index is -2.13. The molecule has 0 bridgehead atoms. The maximum atomic E-state index is 13.9. The number of ketones is 3. The number of aliphatic hydroxyl groups excluding tert-OH is 2. The normalized spacial score (nSPS) is 28.8. The molecule has 15 nitrogen and oxygen atoms in total. The third-order valence-corrected chi connectivity index (χ3v) is 14.4. The van der Waals surface area contributed by atoms with Crippen molar-refractivity contribution in [3.8, 4) is 0 Å². The zero-order valence-electron chi connectivity index (χ0n) is 42.6. The molecule has 386 valence electrons. The van der Waals surface area contributed by atoms with Gasteiger partial charge in [0.1, 0.15) is 30.1 Å². The molecule has 3 aliphatic rings. The minimum absolute atomic E-state index is 0.00666. The van der Waals surface area contributed by atoms with Crippen LogP contribution in [-0.2, 0) is 52.4 Å². The molecule has 1 aliphatic carbocycles. The molecular formula is C53H85NO14. The number of Topliss-reactive ketones (excluding diaryl/α,β-unsaturated/α-hetero) is 3. The van der Waals surface area contributed by atoms with Crippen LogP contribution in [0.15, 0.2) is 47.6 Å². The summed E-state index contributed by atoms with van der Waals surface area (Å²) in [5.74, 6) is -5.27. The number of nitrogens with one attached hydrogen (secondary N) is 1. The number of allylic oxidation sites excluding steroid dienone is 6. The van der Waals surface area contributed by atoms with Crippen LogP contribution < -0.4 is 5.32 Å². The first-order chi connectivity index (χ1) is 32.3. The van der Waals surface area contributed by atoms with Crippen molar-refractivity contribution in [1.29, 1.82) is 0 Å². The Labute approximate surface area is 405 Å². The van der Waals surface area contributed by atoms with Crippen LogP contribution in [0.4, 0.5) is 0 Å². The Hall–Kier alpha value is -3.25. The van der Waals surface area contributed by atoms with E-state index < -0.39 is 59.8 Å². The second-order valence-electron chi connectivity index (χ2n) is 19.8. The molecule has 0 aromatic rings. The average Bonchev–Trinajstić information content (AvgIpc) is 3.33. The standard InChI is InChI=1S/C53H85NO14/c1-33(16-12-11-13-17-34(2)45(63-8)30-41-21-19-39(7)53(62,68-41)48(58)32-56)26-37(5)49(59)51(65-10)50(60)38(6)27-35(3)43(57)31-46(67-52(61)42-18-14-15-23-54-42)36(4)28-40-20-22-44(66-25-24-55)47(29-40)64-9/h11-13,16-17,27,32-33,35-37,39-42,44-47,50-51,54-55,60,62H,14-15,18-26,28-31H2,1-10H3/b13-11+,16-12+,34-17+,38-27+/t33-,35-,36-,37?,39-,40+,41+,42+,44-,45+,46+,47-,50-,51+,53-/m1/s1. The molecule has 0 aromatic carbocycles. The molecule has 3 fully saturated rings. The molecule has 2 saturated heterocycles. The van der Waals surface area contributed by atoms with E-state index in [1.807, 2.05) is 58.1 Å². The zero-order chi connectivity index (χ0) is 50.6. The summed E-state index contributed by atoms with van der Waals surface area (Å²) in [5, 5.41) is 34.7. The number of carbonyl (C=O) groups is 5. The van der Waals surface area contributed by atoms with E-state index in [4.69, 9.17) is 28.4 Å². The molecule has 15 heteroatoms. The Morgan fingerprint density at radius 1 is 0.897 bits per heavy atom. The Morgan fingerprint density at radius 2 is 1.63 bits per heavy atom. The lowest BCUT2D eigenvalue weighted by atomic mass is 9.78. The van der Waals surface area contributed by atoms with Crippen LogP contribution in [0.2, 0.25) is 0 Å². The summed E-state index contributed by atoms with van der Waals surface area (Å²) in [7, 11) is 4.64. The van der Waals surface area contributed by atoms with E-state index in [9.17, 15) is 39.3 Å². The van der Waals surface area contributed by atoms with Crippen molar-refractivity contribution in [2.24, 2.45) is 35.5 Å². The smallest absolute Gasteiger partial charge is 0.323 e. The van der Waals surface area contributed by atoms with E-state index in [1.54, 1.807) is 41.1 Å². The Morgan fingerprint density at radius 3 is 2.26 bits per heavy atom. The molecule has 3 rings (SSSR count). The van der Waals surface area contributed by atoms with Gasteiger partial charge in [0.15, 0.2) is 12.1 Å². The summed E-state index contributed by atoms with van der Waals surface area (Å²) in [6.45, 7) is 13.8. The number of methoxy groups -OCH3 is 3. The zero-order valence-corrected chi connectivity index (χ0v) is 42.6. The lowest BCUT2D eigenvalue weighted by Gasteiger charge is -2.40. The highest BCUT2D eigenvalue weighted by atomic mass is 16.6. The van der Waals surface area contributed by atoms with E-state index >= 15 is 0 Å². The SMILES string of the molecule is CO[C@@H](C[C@@H]1CC[C@@H](C)[C@](O)(C(=O)C=O)O1)/C(C)=C/C=C/C=C/[C@@H](C)CC(C)C(=O)[C@H](OC)[C@H](O)/C(C)=C/[C@@H](C)C(=O)C[C@H](OC(=O)[C@@H]1CCCCN1)[C@H](C)C[C@@H]1CC[C@@H](OCCO)[C@H](OC)C1. The van der Waals surface area contributed by atoms with Gasteiger partial charge in [-0.05, 0) is 107 Å². The maximum absolute atomic E-state index is 13.9. The fourth-order valence-electron chi connectivity index (χ4n) is 9.96. The van der Waals surface area contributed by atoms with Crippen LogP contribution >= 0.6 is 0 Å². The Kier molecular flexibility index (Phi) is 25.9. The second kappa shape index (κ2) is 29.8. The van der Waals surface area contributed by atoms with Crippen molar-refractivity contribution in [3.63, 3.8) is 0 Å². The summed E-state index contributed by atoms with van der Waals surface area (Å²) in [6.07, 6.45) is 15.1. The molecule has 2 heterocycles. The third kappa shape index (κ3) is 17.9. The number of piperidine rings is 1. The lowest BCUT2D eigenvalue weighted by Crippen LogP contribution is -2.53. The van der Waals surface area contributed by atoms with Crippen molar-refractivity contribution < 1.29 is 67.7 Å². The van der Waals surface area contributed by atoms with Crippen LogP contribution in [0.3, 0.4) is 0 Å². The number of hydrogen-bond acceptors (Lipinski definition) is 15. The number of esters is 1. The average molecular weight is 960 g/mol. The summed E-state index contributed by atoms with van der Waals surface area (Å²) in [5.41, 5.74) is 1.34. The maximum Gasteiger partial charge on any atom is 0.323 e. The molecule has 15 atom stereocenters. The van der Waals surface area contributed by atoms with Crippen LogP contribution in [0.25, 0.3) is 0 Å². The largest absolute Gasteiger partial charge is 0.460 e.